The molecule has 1 aliphatic heterocycles. The van der Waals surface area contributed by atoms with Crippen molar-refractivity contribution in [2.75, 3.05) is 19.6 Å². The lowest BCUT2D eigenvalue weighted by Crippen LogP contribution is -2.24. The average Bonchev–Trinajstić information content (AvgIpc) is 2.96. The monoisotopic (exact) mass is 257 g/mol. The lowest BCUT2D eigenvalue weighted by Gasteiger charge is -2.24. The number of benzene rings is 1. The van der Waals surface area contributed by atoms with Gasteiger partial charge >= 0.3 is 0 Å². The summed E-state index contributed by atoms with van der Waals surface area (Å²) in [6.45, 7) is 3.94. The molecule has 1 heteroatoms. The molecule has 1 aliphatic carbocycles. The third kappa shape index (κ3) is 3.60. The van der Waals surface area contributed by atoms with E-state index in [0.717, 1.165) is 11.8 Å². The second kappa shape index (κ2) is 6.56. The normalized spacial score (nSPS) is 25.8. The van der Waals surface area contributed by atoms with Crippen LogP contribution in [0, 0.1) is 5.92 Å². The van der Waals surface area contributed by atoms with Crippen molar-refractivity contribution < 1.29 is 0 Å². The summed E-state index contributed by atoms with van der Waals surface area (Å²) in [6.07, 6.45) is 10.2. The molecule has 1 heterocycles. The minimum Gasteiger partial charge on any atom is -0.303 e. The van der Waals surface area contributed by atoms with E-state index in [4.69, 9.17) is 0 Å². The summed E-state index contributed by atoms with van der Waals surface area (Å²) in [5.41, 5.74) is 1.54. The molecule has 0 aromatic heterocycles. The average molecular weight is 257 g/mol. The molecule has 104 valence electrons. The molecule has 0 N–H and O–H groups in total. The van der Waals surface area contributed by atoms with Crippen LogP contribution in [0.4, 0.5) is 0 Å². The van der Waals surface area contributed by atoms with Crippen LogP contribution in [0.15, 0.2) is 30.3 Å². The summed E-state index contributed by atoms with van der Waals surface area (Å²) in [5.74, 6) is 1.82. The quantitative estimate of drug-likeness (QED) is 0.770. The first-order chi connectivity index (χ1) is 9.42. The predicted octanol–water partition coefficient (Wildman–Crippen LogP) is 4.45. The third-order valence-corrected chi connectivity index (χ3v) is 5.12. The molecule has 0 amide bonds. The van der Waals surface area contributed by atoms with Gasteiger partial charge in [0.2, 0.25) is 0 Å². The molecule has 1 saturated carbocycles. The molecule has 1 aromatic carbocycles. The molecule has 0 spiro atoms. The highest BCUT2D eigenvalue weighted by atomic mass is 15.1. The number of hydrogen-bond acceptors (Lipinski definition) is 1. The Bertz CT molecular complexity index is 367. The second-order valence-corrected chi connectivity index (χ2v) is 6.49. The minimum atomic E-state index is 0.785. The third-order valence-electron chi connectivity index (χ3n) is 5.12. The van der Waals surface area contributed by atoms with Crippen LogP contribution in [0.25, 0.3) is 0 Å². The molecule has 0 bridgehead atoms. The van der Waals surface area contributed by atoms with E-state index in [9.17, 15) is 0 Å². The highest BCUT2D eigenvalue weighted by molar-refractivity contribution is 5.20. The summed E-state index contributed by atoms with van der Waals surface area (Å²) in [4.78, 5) is 2.70. The van der Waals surface area contributed by atoms with Gasteiger partial charge in [-0.3, -0.25) is 0 Å². The predicted molar refractivity (Wildman–Crippen MR) is 81.4 cm³/mol. The van der Waals surface area contributed by atoms with E-state index in [1.165, 1.54) is 64.6 Å². The van der Waals surface area contributed by atoms with Crippen LogP contribution < -0.4 is 0 Å². The SMILES string of the molecule is c1ccc(C2CCN(CCC3CCCCC3)C2)cc1. The van der Waals surface area contributed by atoms with Gasteiger partial charge in [0.05, 0.1) is 0 Å². The Morgan fingerprint density at radius 2 is 1.74 bits per heavy atom. The molecule has 1 unspecified atom stereocenters. The largest absolute Gasteiger partial charge is 0.303 e. The fraction of sp³-hybridized carbons (Fsp3) is 0.667. The Morgan fingerprint density at radius 3 is 2.53 bits per heavy atom. The zero-order chi connectivity index (χ0) is 12.9. The maximum Gasteiger partial charge on any atom is 0.00507 e. The molecule has 1 aromatic rings. The Hall–Kier alpha value is -0.820. The van der Waals surface area contributed by atoms with Crippen LogP contribution in [0.1, 0.15) is 56.4 Å². The van der Waals surface area contributed by atoms with Gasteiger partial charge < -0.3 is 4.90 Å². The van der Waals surface area contributed by atoms with Gasteiger partial charge in [0.25, 0.3) is 0 Å². The summed E-state index contributed by atoms with van der Waals surface area (Å²) in [6, 6.07) is 11.1. The molecule has 2 aliphatic rings. The summed E-state index contributed by atoms with van der Waals surface area (Å²) >= 11 is 0. The van der Waals surface area contributed by atoms with E-state index < -0.39 is 0 Å². The topological polar surface area (TPSA) is 3.24 Å². The van der Waals surface area contributed by atoms with E-state index in [0.29, 0.717) is 0 Å². The van der Waals surface area contributed by atoms with Crippen molar-refractivity contribution in [1.82, 2.24) is 4.90 Å². The maximum atomic E-state index is 2.70. The lowest BCUT2D eigenvalue weighted by molar-refractivity contribution is 0.264. The first-order valence-corrected chi connectivity index (χ1v) is 8.19. The van der Waals surface area contributed by atoms with Crippen LogP contribution in [-0.4, -0.2) is 24.5 Å². The van der Waals surface area contributed by atoms with E-state index >= 15 is 0 Å². The molecule has 1 saturated heterocycles. The number of rotatable bonds is 4. The maximum absolute atomic E-state index is 2.70. The molecule has 19 heavy (non-hydrogen) atoms. The Balaban J connectivity index is 1.44. The number of likely N-dealkylation sites (tertiary alicyclic amines) is 1. The van der Waals surface area contributed by atoms with Crippen LogP contribution >= 0.6 is 0 Å². The van der Waals surface area contributed by atoms with Gasteiger partial charge in [-0.25, -0.2) is 0 Å². The van der Waals surface area contributed by atoms with Gasteiger partial charge in [0.15, 0.2) is 0 Å². The van der Waals surface area contributed by atoms with Crippen LogP contribution in [-0.2, 0) is 0 Å². The summed E-state index contributed by atoms with van der Waals surface area (Å²) in [5, 5.41) is 0. The molecular weight excluding hydrogens is 230 g/mol. The summed E-state index contributed by atoms with van der Waals surface area (Å²) in [7, 11) is 0. The molecule has 1 nitrogen and oxygen atoms in total. The van der Waals surface area contributed by atoms with E-state index in [2.05, 4.69) is 35.2 Å². The van der Waals surface area contributed by atoms with Gasteiger partial charge in [0, 0.05) is 6.54 Å². The van der Waals surface area contributed by atoms with E-state index in [-0.39, 0.29) is 0 Å². The first kappa shape index (κ1) is 13.2. The van der Waals surface area contributed by atoms with Crippen LogP contribution in [0.5, 0.6) is 0 Å². The van der Waals surface area contributed by atoms with Gasteiger partial charge in [0.1, 0.15) is 0 Å². The van der Waals surface area contributed by atoms with Crippen molar-refractivity contribution in [3.63, 3.8) is 0 Å². The molecule has 1 atom stereocenters. The van der Waals surface area contributed by atoms with Crippen molar-refractivity contribution in [3.05, 3.63) is 35.9 Å². The highest BCUT2D eigenvalue weighted by Crippen LogP contribution is 2.30. The van der Waals surface area contributed by atoms with Gasteiger partial charge in [-0.1, -0.05) is 62.4 Å². The van der Waals surface area contributed by atoms with Gasteiger partial charge in [-0.05, 0) is 43.3 Å². The van der Waals surface area contributed by atoms with Crippen molar-refractivity contribution in [2.24, 2.45) is 5.92 Å². The number of nitrogens with zero attached hydrogens (tertiary/aromatic N) is 1. The molecule has 2 fully saturated rings. The number of hydrogen-bond donors (Lipinski definition) is 0. The van der Waals surface area contributed by atoms with Crippen LogP contribution in [0.3, 0.4) is 0 Å². The van der Waals surface area contributed by atoms with Crippen molar-refractivity contribution in [1.29, 1.82) is 0 Å². The minimum absolute atomic E-state index is 0.785. The van der Waals surface area contributed by atoms with Gasteiger partial charge in [-0.15, -0.1) is 0 Å². The van der Waals surface area contributed by atoms with Crippen molar-refractivity contribution >= 4 is 0 Å². The van der Waals surface area contributed by atoms with Crippen molar-refractivity contribution in [2.45, 2.75) is 50.9 Å². The molecule has 0 radical (unpaired) electrons. The standard InChI is InChI=1S/C18H27N/c1-3-7-16(8-4-1)11-13-19-14-12-18(15-19)17-9-5-2-6-10-17/h2,5-6,9-10,16,18H,1,3-4,7-8,11-15H2. The Morgan fingerprint density at radius 1 is 0.947 bits per heavy atom. The van der Waals surface area contributed by atoms with E-state index in [1.54, 1.807) is 5.56 Å². The Kier molecular flexibility index (Phi) is 4.55. The fourth-order valence-corrected chi connectivity index (χ4v) is 3.87. The van der Waals surface area contributed by atoms with Gasteiger partial charge in [-0.2, -0.15) is 0 Å². The van der Waals surface area contributed by atoms with Crippen LogP contribution in [0.2, 0.25) is 0 Å². The van der Waals surface area contributed by atoms with E-state index in [1.807, 2.05) is 0 Å². The smallest absolute Gasteiger partial charge is 0.00507 e. The second-order valence-electron chi connectivity index (χ2n) is 6.49. The molecular formula is C18H27N. The Labute approximate surface area is 118 Å². The first-order valence-electron chi connectivity index (χ1n) is 8.19. The zero-order valence-electron chi connectivity index (χ0n) is 12.1. The van der Waals surface area contributed by atoms with Crippen molar-refractivity contribution in [3.8, 4) is 0 Å². The lowest BCUT2D eigenvalue weighted by atomic mass is 9.87. The highest BCUT2D eigenvalue weighted by Gasteiger charge is 2.24. The molecule has 3 rings (SSSR count). The summed E-state index contributed by atoms with van der Waals surface area (Å²) < 4.78 is 0. The fourth-order valence-electron chi connectivity index (χ4n) is 3.87. The zero-order valence-corrected chi connectivity index (χ0v) is 12.1.